The number of hydrogen-bond acceptors (Lipinski definition) is 3. The first-order valence-corrected chi connectivity index (χ1v) is 10.4. The van der Waals surface area contributed by atoms with Crippen LogP contribution in [0.3, 0.4) is 0 Å². The summed E-state index contributed by atoms with van der Waals surface area (Å²) in [4.78, 5) is 29.2. The van der Waals surface area contributed by atoms with E-state index in [0.29, 0.717) is 32.7 Å². The number of amides is 2. The van der Waals surface area contributed by atoms with Crippen LogP contribution in [0.4, 0.5) is 5.69 Å². The smallest absolute Gasteiger partial charge is 0.254 e. The largest absolute Gasteiger partial charge is 0.336 e. The van der Waals surface area contributed by atoms with Crippen molar-refractivity contribution in [3.63, 3.8) is 0 Å². The molecule has 0 aliphatic carbocycles. The molecule has 2 aromatic carbocycles. The third-order valence-electron chi connectivity index (χ3n) is 5.12. The molecule has 0 saturated carbocycles. The Hall–Kier alpha value is -2.18. The summed E-state index contributed by atoms with van der Waals surface area (Å²) in [5.41, 5.74) is 3.73. The maximum atomic E-state index is 12.8. The first-order chi connectivity index (χ1) is 13.5. The van der Waals surface area contributed by atoms with Gasteiger partial charge in [0.15, 0.2) is 0 Å². The molecule has 0 radical (unpaired) electrons. The Labute approximate surface area is 174 Å². The van der Waals surface area contributed by atoms with Gasteiger partial charge in [-0.15, -0.1) is 0 Å². The molecule has 1 saturated heterocycles. The number of carbonyl (C=O) groups excluding carboxylic acids is 2. The van der Waals surface area contributed by atoms with Gasteiger partial charge >= 0.3 is 0 Å². The molecular weight excluding hydrogens is 418 g/mol. The summed E-state index contributed by atoms with van der Waals surface area (Å²) in [5, 5.41) is 3.02. The number of rotatable bonds is 5. The SMILES string of the molecule is CCc1ccccc1NC(=O)CN1CCN(C(=O)c2ccc(Br)cc2C)CC1. The lowest BCUT2D eigenvalue weighted by Crippen LogP contribution is -2.50. The minimum absolute atomic E-state index is 0.00979. The molecule has 148 valence electrons. The minimum Gasteiger partial charge on any atom is -0.336 e. The molecule has 28 heavy (non-hydrogen) atoms. The van der Waals surface area contributed by atoms with Gasteiger partial charge in [-0.2, -0.15) is 0 Å². The quantitative estimate of drug-likeness (QED) is 0.765. The van der Waals surface area contributed by atoms with E-state index in [0.717, 1.165) is 33.3 Å². The van der Waals surface area contributed by atoms with Crippen LogP contribution >= 0.6 is 15.9 Å². The number of halogens is 1. The number of nitrogens with one attached hydrogen (secondary N) is 1. The van der Waals surface area contributed by atoms with Crippen molar-refractivity contribution in [2.45, 2.75) is 20.3 Å². The molecule has 0 atom stereocenters. The van der Waals surface area contributed by atoms with Crippen molar-refractivity contribution < 1.29 is 9.59 Å². The molecule has 3 rings (SSSR count). The Morgan fingerprint density at radius 3 is 2.46 bits per heavy atom. The van der Waals surface area contributed by atoms with Crippen molar-refractivity contribution in [3.05, 3.63) is 63.6 Å². The number of anilines is 1. The Morgan fingerprint density at radius 1 is 1.07 bits per heavy atom. The zero-order chi connectivity index (χ0) is 20.1. The Balaban J connectivity index is 1.52. The summed E-state index contributed by atoms with van der Waals surface area (Å²) < 4.78 is 0.974. The molecule has 1 aliphatic heterocycles. The molecule has 1 aliphatic rings. The first-order valence-electron chi connectivity index (χ1n) is 9.63. The molecule has 5 nitrogen and oxygen atoms in total. The van der Waals surface area contributed by atoms with Crippen molar-refractivity contribution in [2.24, 2.45) is 0 Å². The van der Waals surface area contributed by atoms with Gasteiger partial charge in [-0.3, -0.25) is 14.5 Å². The lowest BCUT2D eigenvalue weighted by atomic mass is 10.1. The lowest BCUT2D eigenvalue weighted by Gasteiger charge is -2.34. The minimum atomic E-state index is -0.00979. The Kier molecular flexibility index (Phi) is 6.86. The van der Waals surface area contributed by atoms with Crippen LogP contribution in [0.1, 0.15) is 28.4 Å². The van der Waals surface area contributed by atoms with Gasteiger partial charge in [0.05, 0.1) is 6.54 Å². The van der Waals surface area contributed by atoms with Crippen LogP contribution in [0, 0.1) is 6.92 Å². The lowest BCUT2D eigenvalue weighted by molar-refractivity contribution is -0.117. The number of nitrogens with zero attached hydrogens (tertiary/aromatic N) is 2. The van der Waals surface area contributed by atoms with Crippen molar-refractivity contribution in [3.8, 4) is 0 Å². The fourth-order valence-electron chi connectivity index (χ4n) is 3.49. The summed E-state index contributed by atoms with van der Waals surface area (Å²) in [7, 11) is 0. The van der Waals surface area contributed by atoms with E-state index in [2.05, 4.69) is 33.1 Å². The molecule has 2 aromatic rings. The average molecular weight is 444 g/mol. The fraction of sp³-hybridized carbons (Fsp3) is 0.364. The molecule has 0 bridgehead atoms. The van der Waals surface area contributed by atoms with E-state index in [1.54, 1.807) is 0 Å². The van der Waals surface area contributed by atoms with Gasteiger partial charge in [-0.1, -0.05) is 41.1 Å². The van der Waals surface area contributed by atoms with E-state index in [-0.39, 0.29) is 11.8 Å². The summed E-state index contributed by atoms with van der Waals surface area (Å²) >= 11 is 3.44. The van der Waals surface area contributed by atoms with Gasteiger partial charge in [0.2, 0.25) is 5.91 Å². The highest BCUT2D eigenvalue weighted by atomic mass is 79.9. The molecule has 2 amide bonds. The number of hydrogen-bond donors (Lipinski definition) is 1. The Morgan fingerprint density at radius 2 is 1.79 bits per heavy atom. The van der Waals surface area contributed by atoms with E-state index < -0.39 is 0 Å². The molecule has 0 unspecified atom stereocenters. The van der Waals surface area contributed by atoms with Gasteiger partial charge in [0.1, 0.15) is 0 Å². The second-order valence-electron chi connectivity index (χ2n) is 7.09. The Bertz CT molecular complexity index is 861. The zero-order valence-electron chi connectivity index (χ0n) is 16.4. The van der Waals surface area contributed by atoms with Gasteiger partial charge in [0, 0.05) is 41.9 Å². The van der Waals surface area contributed by atoms with E-state index in [1.807, 2.05) is 54.3 Å². The monoisotopic (exact) mass is 443 g/mol. The highest BCUT2D eigenvalue weighted by molar-refractivity contribution is 9.10. The van der Waals surface area contributed by atoms with E-state index in [1.165, 1.54) is 0 Å². The predicted octanol–water partition coefficient (Wildman–Crippen LogP) is 3.72. The highest BCUT2D eigenvalue weighted by Crippen LogP contribution is 2.19. The fourth-order valence-corrected chi connectivity index (χ4v) is 3.97. The maximum Gasteiger partial charge on any atom is 0.254 e. The maximum absolute atomic E-state index is 12.8. The standard InChI is InChI=1S/C22H26BrN3O2/c1-3-17-6-4-5-7-20(17)24-21(27)15-25-10-12-26(13-11-25)22(28)19-9-8-18(23)14-16(19)2/h4-9,14H,3,10-13,15H2,1-2H3,(H,24,27). The van der Waals surface area contributed by atoms with Crippen molar-refractivity contribution >= 4 is 33.4 Å². The normalized spacial score (nSPS) is 14.8. The van der Waals surface area contributed by atoms with Crippen LogP contribution < -0.4 is 5.32 Å². The molecule has 0 spiro atoms. The number of carbonyl (C=O) groups is 2. The van der Waals surface area contributed by atoms with Crippen molar-refractivity contribution in [1.82, 2.24) is 9.80 Å². The molecule has 0 aromatic heterocycles. The molecule has 1 N–H and O–H groups in total. The van der Waals surface area contributed by atoms with Gasteiger partial charge in [-0.05, 0) is 48.7 Å². The second kappa shape index (κ2) is 9.34. The number of piperazine rings is 1. The van der Waals surface area contributed by atoms with Gasteiger partial charge < -0.3 is 10.2 Å². The van der Waals surface area contributed by atoms with Crippen LogP contribution in [0.25, 0.3) is 0 Å². The van der Waals surface area contributed by atoms with E-state index >= 15 is 0 Å². The summed E-state index contributed by atoms with van der Waals surface area (Å²) in [6.45, 7) is 7.03. The third kappa shape index (κ3) is 5.00. The number of benzene rings is 2. The average Bonchev–Trinajstić information content (AvgIpc) is 2.68. The van der Waals surface area contributed by atoms with Crippen LogP contribution in [0.5, 0.6) is 0 Å². The topological polar surface area (TPSA) is 52.7 Å². The predicted molar refractivity (Wildman–Crippen MR) is 116 cm³/mol. The summed E-state index contributed by atoms with van der Waals surface area (Å²) in [5.74, 6) is 0.0513. The van der Waals surface area contributed by atoms with Crippen LogP contribution in [-0.2, 0) is 11.2 Å². The number of para-hydroxylation sites is 1. The molecule has 6 heteroatoms. The summed E-state index contributed by atoms with van der Waals surface area (Å²) in [6, 6.07) is 13.6. The zero-order valence-corrected chi connectivity index (χ0v) is 18.0. The van der Waals surface area contributed by atoms with Gasteiger partial charge in [-0.25, -0.2) is 0 Å². The molecule has 1 fully saturated rings. The molecular formula is C22H26BrN3O2. The highest BCUT2D eigenvalue weighted by Gasteiger charge is 2.24. The second-order valence-corrected chi connectivity index (χ2v) is 8.00. The first kappa shape index (κ1) is 20.6. The van der Waals surface area contributed by atoms with Crippen LogP contribution in [0.15, 0.2) is 46.9 Å². The van der Waals surface area contributed by atoms with Gasteiger partial charge in [0.25, 0.3) is 5.91 Å². The molecule has 1 heterocycles. The summed E-state index contributed by atoms with van der Waals surface area (Å²) in [6.07, 6.45) is 0.882. The van der Waals surface area contributed by atoms with Crippen LogP contribution in [0.2, 0.25) is 0 Å². The van der Waals surface area contributed by atoms with E-state index in [4.69, 9.17) is 0 Å². The van der Waals surface area contributed by atoms with Crippen molar-refractivity contribution in [1.29, 1.82) is 0 Å². The van der Waals surface area contributed by atoms with Crippen molar-refractivity contribution in [2.75, 3.05) is 38.0 Å². The van der Waals surface area contributed by atoms with Crippen LogP contribution in [-0.4, -0.2) is 54.3 Å². The third-order valence-corrected chi connectivity index (χ3v) is 5.61. The number of aryl methyl sites for hydroxylation is 2. The van der Waals surface area contributed by atoms with E-state index in [9.17, 15) is 9.59 Å².